The molecule has 0 aromatic heterocycles. The summed E-state index contributed by atoms with van der Waals surface area (Å²) in [7, 11) is -1.95. The topological polar surface area (TPSA) is 63.7 Å². The molecule has 0 radical (unpaired) electrons. The highest BCUT2D eigenvalue weighted by molar-refractivity contribution is 7.89. The third-order valence-corrected chi connectivity index (χ3v) is 3.77. The fourth-order valence-electron chi connectivity index (χ4n) is 0.859. The average molecular weight is 258 g/mol. The van der Waals surface area contributed by atoms with Gasteiger partial charge in [-0.1, -0.05) is 0 Å². The molecule has 7 heteroatoms. The Bertz CT molecular complexity index is 291. The van der Waals surface area contributed by atoms with Crippen LogP contribution in [0.1, 0.15) is 13.3 Å². The Morgan fingerprint density at radius 1 is 1.47 bits per heavy atom. The van der Waals surface area contributed by atoms with Gasteiger partial charge in [0.25, 0.3) is 0 Å². The Labute approximate surface area is 95.4 Å². The molecule has 0 N–H and O–H groups in total. The normalized spacial score (nSPS) is 11.7. The van der Waals surface area contributed by atoms with Crippen molar-refractivity contribution in [3.8, 4) is 0 Å². The number of sulfonamides is 1. The van der Waals surface area contributed by atoms with Crippen molar-refractivity contribution in [2.75, 3.05) is 31.8 Å². The number of rotatable bonds is 7. The molecule has 0 heterocycles. The summed E-state index contributed by atoms with van der Waals surface area (Å²) in [5, 5.41) is 0. The minimum absolute atomic E-state index is 0.122. The Morgan fingerprint density at radius 2 is 2.07 bits per heavy atom. The van der Waals surface area contributed by atoms with Crippen molar-refractivity contribution in [2.45, 2.75) is 13.3 Å². The summed E-state index contributed by atoms with van der Waals surface area (Å²) in [6.45, 7) is 2.18. The van der Waals surface area contributed by atoms with Gasteiger partial charge >= 0.3 is 5.97 Å². The summed E-state index contributed by atoms with van der Waals surface area (Å²) in [6, 6.07) is 0. The highest BCUT2D eigenvalue weighted by atomic mass is 35.5. The van der Waals surface area contributed by atoms with Crippen LogP contribution in [-0.2, 0) is 19.6 Å². The van der Waals surface area contributed by atoms with E-state index in [2.05, 4.69) is 4.74 Å². The van der Waals surface area contributed by atoms with E-state index >= 15 is 0 Å². The van der Waals surface area contributed by atoms with Crippen LogP contribution < -0.4 is 0 Å². The van der Waals surface area contributed by atoms with Crippen molar-refractivity contribution < 1.29 is 17.9 Å². The maximum Gasteiger partial charge on any atom is 0.306 e. The summed E-state index contributed by atoms with van der Waals surface area (Å²) in [5.41, 5.74) is 0. The van der Waals surface area contributed by atoms with Gasteiger partial charge in [0, 0.05) is 19.5 Å². The average Bonchev–Trinajstić information content (AvgIpc) is 2.16. The molecule has 5 nitrogen and oxygen atoms in total. The summed E-state index contributed by atoms with van der Waals surface area (Å²) in [4.78, 5) is 10.9. The lowest BCUT2D eigenvalue weighted by Gasteiger charge is -2.14. The summed E-state index contributed by atoms with van der Waals surface area (Å²) in [5.74, 6) is -0.505. The number of carbonyl (C=O) groups excluding carboxylic acids is 1. The lowest BCUT2D eigenvalue weighted by Crippen LogP contribution is -2.31. The maximum atomic E-state index is 11.5. The van der Waals surface area contributed by atoms with Crippen LogP contribution in [0.25, 0.3) is 0 Å². The first-order valence-corrected chi connectivity index (χ1v) is 6.74. The first kappa shape index (κ1) is 14.7. The molecule has 0 saturated heterocycles. The molecule has 0 spiro atoms. The van der Waals surface area contributed by atoms with Gasteiger partial charge in [0.05, 0.1) is 18.8 Å². The molecular weight excluding hydrogens is 242 g/mol. The second-order valence-corrected chi connectivity index (χ2v) is 5.45. The Kier molecular flexibility index (Phi) is 6.87. The van der Waals surface area contributed by atoms with E-state index in [1.807, 2.05) is 0 Å². The number of hydrogen-bond donors (Lipinski definition) is 0. The van der Waals surface area contributed by atoms with Gasteiger partial charge in [0.2, 0.25) is 10.0 Å². The van der Waals surface area contributed by atoms with Crippen molar-refractivity contribution in [3.05, 3.63) is 0 Å². The molecule has 0 aliphatic carbocycles. The van der Waals surface area contributed by atoms with Gasteiger partial charge in [0.1, 0.15) is 0 Å². The van der Waals surface area contributed by atoms with Crippen LogP contribution in [0.3, 0.4) is 0 Å². The van der Waals surface area contributed by atoms with Crippen LogP contribution in [0.2, 0.25) is 0 Å². The zero-order chi connectivity index (χ0) is 11.9. The van der Waals surface area contributed by atoms with E-state index < -0.39 is 16.0 Å². The van der Waals surface area contributed by atoms with Gasteiger partial charge < -0.3 is 4.74 Å². The second kappa shape index (κ2) is 7.03. The number of carbonyl (C=O) groups is 1. The molecule has 0 fully saturated rings. The molecular formula is C8H16ClNO4S. The molecule has 0 saturated carbocycles. The van der Waals surface area contributed by atoms with E-state index in [0.29, 0.717) is 0 Å². The van der Waals surface area contributed by atoms with E-state index in [0.717, 1.165) is 4.31 Å². The Balaban J connectivity index is 4.10. The fourth-order valence-corrected chi connectivity index (χ4v) is 2.32. The van der Waals surface area contributed by atoms with Crippen molar-refractivity contribution in [1.29, 1.82) is 0 Å². The molecule has 0 atom stereocenters. The predicted octanol–water partition coefficient (Wildman–Crippen LogP) is 0.440. The van der Waals surface area contributed by atoms with Gasteiger partial charge in [-0.2, -0.15) is 0 Å². The minimum Gasteiger partial charge on any atom is -0.466 e. The van der Waals surface area contributed by atoms with Crippen LogP contribution >= 0.6 is 11.6 Å². The highest BCUT2D eigenvalue weighted by Gasteiger charge is 2.18. The van der Waals surface area contributed by atoms with Gasteiger partial charge in [0.15, 0.2) is 0 Å². The fraction of sp³-hybridized carbons (Fsp3) is 0.875. The molecule has 90 valence electrons. The van der Waals surface area contributed by atoms with Gasteiger partial charge in [-0.3, -0.25) is 4.79 Å². The SMILES string of the molecule is CCOC(=O)CCS(=O)(=O)N(C)CCCl. The van der Waals surface area contributed by atoms with E-state index in [4.69, 9.17) is 11.6 Å². The minimum atomic E-state index is -3.39. The largest absolute Gasteiger partial charge is 0.466 e. The van der Waals surface area contributed by atoms with Crippen molar-refractivity contribution >= 4 is 27.6 Å². The number of esters is 1. The molecule has 0 aromatic rings. The summed E-state index contributed by atoms with van der Waals surface area (Å²) >= 11 is 5.42. The first-order valence-electron chi connectivity index (χ1n) is 4.59. The monoisotopic (exact) mass is 257 g/mol. The van der Waals surface area contributed by atoms with Crippen LogP contribution in [0, 0.1) is 0 Å². The second-order valence-electron chi connectivity index (χ2n) is 2.88. The standard InChI is InChI=1S/C8H16ClNO4S/c1-3-14-8(11)4-7-15(12,13)10(2)6-5-9/h3-7H2,1-2H3. The zero-order valence-electron chi connectivity index (χ0n) is 8.90. The first-order chi connectivity index (χ1) is 6.94. The van der Waals surface area contributed by atoms with E-state index in [1.165, 1.54) is 7.05 Å². The molecule has 0 rings (SSSR count). The summed E-state index contributed by atoms with van der Waals surface area (Å²) in [6.07, 6.45) is -0.122. The van der Waals surface area contributed by atoms with Crippen molar-refractivity contribution in [3.63, 3.8) is 0 Å². The number of nitrogens with zero attached hydrogens (tertiary/aromatic N) is 1. The summed E-state index contributed by atoms with van der Waals surface area (Å²) < 4.78 is 28.7. The number of alkyl halides is 1. The van der Waals surface area contributed by atoms with Crippen LogP contribution in [0.5, 0.6) is 0 Å². The molecule has 0 amide bonds. The molecule has 0 bridgehead atoms. The Morgan fingerprint density at radius 3 is 2.53 bits per heavy atom. The number of ether oxygens (including phenoxy) is 1. The molecule has 0 aliphatic heterocycles. The van der Waals surface area contributed by atoms with Crippen molar-refractivity contribution in [1.82, 2.24) is 4.31 Å². The smallest absolute Gasteiger partial charge is 0.306 e. The maximum absolute atomic E-state index is 11.5. The third kappa shape index (κ3) is 5.96. The van der Waals surface area contributed by atoms with Gasteiger partial charge in [-0.25, -0.2) is 12.7 Å². The molecule has 0 unspecified atom stereocenters. The Hall–Kier alpha value is -0.330. The van der Waals surface area contributed by atoms with E-state index in [-0.39, 0.29) is 31.2 Å². The van der Waals surface area contributed by atoms with Crippen LogP contribution in [0.15, 0.2) is 0 Å². The van der Waals surface area contributed by atoms with Crippen molar-refractivity contribution in [2.24, 2.45) is 0 Å². The van der Waals surface area contributed by atoms with Crippen LogP contribution in [-0.4, -0.2) is 50.5 Å². The van der Waals surface area contributed by atoms with Gasteiger partial charge in [-0.15, -0.1) is 11.6 Å². The lowest BCUT2D eigenvalue weighted by atomic mass is 10.5. The highest BCUT2D eigenvalue weighted by Crippen LogP contribution is 2.01. The van der Waals surface area contributed by atoms with E-state index in [1.54, 1.807) is 6.92 Å². The molecule has 15 heavy (non-hydrogen) atoms. The molecule has 0 aliphatic rings. The van der Waals surface area contributed by atoms with Crippen LogP contribution in [0.4, 0.5) is 0 Å². The zero-order valence-corrected chi connectivity index (χ0v) is 10.5. The number of hydrogen-bond acceptors (Lipinski definition) is 4. The van der Waals surface area contributed by atoms with Gasteiger partial charge in [-0.05, 0) is 6.92 Å². The molecule has 0 aromatic carbocycles. The third-order valence-electron chi connectivity index (χ3n) is 1.74. The number of halogens is 1. The lowest BCUT2D eigenvalue weighted by molar-refractivity contribution is -0.142. The quantitative estimate of drug-likeness (QED) is 0.490. The van der Waals surface area contributed by atoms with E-state index in [9.17, 15) is 13.2 Å². The predicted molar refractivity (Wildman–Crippen MR) is 58.4 cm³/mol.